The number of alkyl carbamates (subject to hydrolysis) is 1. The average Bonchev–Trinajstić information content (AvgIpc) is 2.75. The van der Waals surface area contributed by atoms with Gasteiger partial charge in [-0.05, 0) is 11.1 Å². The van der Waals surface area contributed by atoms with Crippen LogP contribution in [0, 0.1) is 0 Å². The fourth-order valence-electron chi connectivity index (χ4n) is 2.53. The summed E-state index contributed by atoms with van der Waals surface area (Å²) >= 11 is 0. The van der Waals surface area contributed by atoms with E-state index in [0.717, 1.165) is 11.1 Å². The van der Waals surface area contributed by atoms with Crippen LogP contribution in [0.1, 0.15) is 11.1 Å². The molecule has 2 aromatic rings. The van der Waals surface area contributed by atoms with Crippen molar-refractivity contribution < 1.29 is 29.3 Å². The number of hydrogen-bond donors (Lipinski definition) is 5. The third-order valence-corrected chi connectivity index (χ3v) is 4.07. The van der Waals surface area contributed by atoms with Gasteiger partial charge in [0.15, 0.2) is 0 Å². The normalized spacial score (nSPS) is 12.4. The number of hydrogen-bond acceptors (Lipinski definition) is 6. The summed E-state index contributed by atoms with van der Waals surface area (Å²) in [5.41, 5.74) is 1.60. The topological polar surface area (TPSA) is 137 Å². The maximum Gasteiger partial charge on any atom is 0.407 e. The predicted molar refractivity (Wildman–Crippen MR) is 108 cm³/mol. The van der Waals surface area contributed by atoms with Gasteiger partial charge in [-0.2, -0.15) is 0 Å². The third kappa shape index (κ3) is 8.72. The predicted octanol–water partition coefficient (Wildman–Crippen LogP) is 0.633. The SMILES string of the molecule is O=C(CNC(O)CNC(=O)OCc1ccccc1)N[C@@H](Cc1ccccc1)C(=O)O. The molecule has 5 N–H and O–H groups in total. The van der Waals surface area contributed by atoms with Gasteiger partial charge in [0.25, 0.3) is 0 Å². The highest BCUT2D eigenvalue weighted by molar-refractivity contribution is 5.84. The number of aliphatic hydroxyl groups is 1. The fourth-order valence-corrected chi connectivity index (χ4v) is 2.53. The highest BCUT2D eigenvalue weighted by Crippen LogP contribution is 2.03. The number of nitrogens with one attached hydrogen (secondary N) is 3. The Morgan fingerprint density at radius 2 is 1.53 bits per heavy atom. The maximum atomic E-state index is 12.0. The maximum absolute atomic E-state index is 12.0. The summed E-state index contributed by atoms with van der Waals surface area (Å²) in [5, 5.41) is 26.4. The number of carboxylic acid groups (broad SMARTS) is 1. The van der Waals surface area contributed by atoms with E-state index in [1.54, 1.807) is 24.3 Å². The second-order valence-electron chi connectivity index (χ2n) is 6.49. The van der Waals surface area contributed by atoms with Gasteiger partial charge in [0.1, 0.15) is 18.9 Å². The van der Waals surface area contributed by atoms with Crippen molar-refractivity contribution in [3.63, 3.8) is 0 Å². The van der Waals surface area contributed by atoms with E-state index in [1.807, 2.05) is 36.4 Å². The Bertz CT molecular complexity index is 816. The monoisotopic (exact) mass is 415 g/mol. The number of benzene rings is 2. The number of aliphatic carboxylic acids is 1. The zero-order chi connectivity index (χ0) is 21.8. The van der Waals surface area contributed by atoms with E-state index in [9.17, 15) is 24.6 Å². The molecule has 0 aliphatic heterocycles. The summed E-state index contributed by atoms with van der Waals surface area (Å²) in [6, 6.07) is 16.9. The van der Waals surface area contributed by atoms with Gasteiger partial charge in [-0.15, -0.1) is 0 Å². The Labute approximate surface area is 174 Å². The lowest BCUT2D eigenvalue weighted by Gasteiger charge is -2.17. The van der Waals surface area contributed by atoms with Crippen molar-refractivity contribution in [2.75, 3.05) is 13.1 Å². The van der Waals surface area contributed by atoms with Crippen molar-refractivity contribution >= 4 is 18.0 Å². The second kappa shape index (κ2) is 12.2. The van der Waals surface area contributed by atoms with Gasteiger partial charge in [0, 0.05) is 6.42 Å². The number of carboxylic acids is 1. The first kappa shape index (κ1) is 22.9. The molecule has 9 heteroatoms. The Hall–Kier alpha value is -3.43. The molecule has 0 heterocycles. The lowest BCUT2D eigenvalue weighted by molar-refractivity contribution is -0.141. The molecule has 2 atom stereocenters. The number of amides is 2. The highest BCUT2D eigenvalue weighted by Gasteiger charge is 2.20. The molecule has 30 heavy (non-hydrogen) atoms. The molecule has 0 aliphatic rings. The third-order valence-electron chi connectivity index (χ3n) is 4.07. The van der Waals surface area contributed by atoms with Crippen molar-refractivity contribution in [2.45, 2.75) is 25.3 Å². The molecule has 0 spiro atoms. The summed E-state index contributed by atoms with van der Waals surface area (Å²) in [6.45, 7) is -0.412. The molecule has 0 fully saturated rings. The summed E-state index contributed by atoms with van der Waals surface area (Å²) in [7, 11) is 0. The van der Waals surface area contributed by atoms with E-state index in [4.69, 9.17) is 4.74 Å². The minimum atomic E-state index is -1.21. The summed E-state index contributed by atoms with van der Waals surface area (Å²) in [5.74, 6) is -1.75. The van der Waals surface area contributed by atoms with Crippen LogP contribution in [0.2, 0.25) is 0 Å². The highest BCUT2D eigenvalue weighted by atomic mass is 16.5. The van der Waals surface area contributed by atoms with Crippen LogP contribution >= 0.6 is 0 Å². The van der Waals surface area contributed by atoms with E-state index < -0.39 is 30.2 Å². The van der Waals surface area contributed by atoms with E-state index in [0.29, 0.717) is 0 Å². The minimum absolute atomic E-state index is 0.0938. The van der Waals surface area contributed by atoms with Gasteiger partial charge in [-0.25, -0.2) is 9.59 Å². The molecule has 9 nitrogen and oxygen atoms in total. The van der Waals surface area contributed by atoms with Gasteiger partial charge < -0.3 is 25.6 Å². The van der Waals surface area contributed by atoms with Gasteiger partial charge in [0.2, 0.25) is 5.91 Å². The van der Waals surface area contributed by atoms with Crippen LogP contribution < -0.4 is 16.0 Å². The van der Waals surface area contributed by atoms with Crippen LogP contribution in [0.5, 0.6) is 0 Å². The van der Waals surface area contributed by atoms with Crippen molar-refractivity contribution in [1.82, 2.24) is 16.0 Å². The quantitative estimate of drug-likeness (QED) is 0.340. The van der Waals surface area contributed by atoms with Crippen LogP contribution in [-0.2, 0) is 27.4 Å². The van der Waals surface area contributed by atoms with Crippen LogP contribution in [0.15, 0.2) is 60.7 Å². The van der Waals surface area contributed by atoms with Gasteiger partial charge in [0.05, 0.1) is 13.1 Å². The molecule has 0 radical (unpaired) electrons. The Balaban J connectivity index is 1.66. The lowest BCUT2D eigenvalue weighted by atomic mass is 10.1. The molecule has 2 aromatic carbocycles. The minimum Gasteiger partial charge on any atom is -0.480 e. The number of aliphatic hydroxyl groups excluding tert-OH is 1. The first-order valence-corrected chi connectivity index (χ1v) is 9.36. The van der Waals surface area contributed by atoms with Crippen molar-refractivity contribution in [3.05, 3.63) is 71.8 Å². The van der Waals surface area contributed by atoms with Crippen LogP contribution in [-0.4, -0.2) is 53.5 Å². The zero-order valence-corrected chi connectivity index (χ0v) is 16.3. The summed E-state index contributed by atoms with van der Waals surface area (Å²) in [6.07, 6.45) is -1.78. The molecule has 0 bridgehead atoms. The van der Waals surface area contributed by atoms with Crippen molar-refractivity contribution in [1.29, 1.82) is 0 Å². The Morgan fingerprint density at radius 3 is 2.13 bits per heavy atom. The molecule has 0 saturated carbocycles. The number of rotatable bonds is 11. The van der Waals surface area contributed by atoms with Crippen LogP contribution in [0.25, 0.3) is 0 Å². The largest absolute Gasteiger partial charge is 0.480 e. The van der Waals surface area contributed by atoms with Crippen LogP contribution in [0.4, 0.5) is 4.79 Å². The van der Waals surface area contributed by atoms with Gasteiger partial charge in [-0.3, -0.25) is 10.1 Å². The molecule has 0 aromatic heterocycles. The lowest BCUT2D eigenvalue weighted by Crippen LogP contribution is -2.49. The van der Waals surface area contributed by atoms with Crippen LogP contribution in [0.3, 0.4) is 0 Å². The zero-order valence-electron chi connectivity index (χ0n) is 16.3. The van der Waals surface area contributed by atoms with Gasteiger partial charge in [-0.1, -0.05) is 60.7 Å². The molecular formula is C21H25N3O6. The molecule has 2 rings (SSSR count). The Morgan fingerprint density at radius 1 is 0.933 bits per heavy atom. The average molecular weight is 415 g/mol. The molecule has 0 aliphatic carbocycles. The summed E-state index contributed by atoms with van der Waals surface area (Å²) in [4.78, 5) is 35.0. The number of ether oxygens (including phenoxy) is 1. The van der Waals surface area contributed by atoms with Crippen molar-refractivity contribution in [2.24, 2.45) is 0 Å². The molecule has 2 amide bonds. The number of carbonyl (C=O) groups excluding carboxylic acids is 2. The molecule has 0 saturated heterocycles. The van der Waals surface area contributed by atoms with Gasteiger partial charge >= 0.3 is 12.1 Å². The molecular weight excluding hydrogens is 390 g/mol. The molecule has 160 valence electrons. The first-order chi connectivity index (χ1) is 14.4. The fraction of sp³-hybridized carbons (Fsp3) is 0.286. The van der Waals surface area contributed by atoms with E-state index in [-0.39, 0.29) is 26.1 Å². The standard InChI is InChI=1S/C21H25N3O6/c25-18(12-23-21(29)30-14-16-9-5-2-6-10-16)22-13-19(26)24-17(20(27)28)11-15-7-3-1-4-8-15/h1-10,17-18,22,25H,11-14H2,(H,23,29)(H,24,26)(H,27,28)/t17-,18?/m0/s1. The first-order valence-electron chi connectivity index (χ1n) is 9.36. The van der Waals surface area contributed by atoms with E-state index in [2.05, 4.69) is 16.0 Å². The Kier molecular flexibility index (Phi) is 9.29. The van der Waals surface area contributed by atoms with E-state index >= 15 is 0 Å². The summed E-state index contributed by atoms with van der Waals surface area (Å²) < 4.78 is 5.01. The molecule has 1 unspecified atom stereocenters. The number of carbonyl (C=O) groups is 3. The second-order valence-corrected chi connectivity index (χ2v) is 6.49. The van der Waals surface area contributed by atoms with Crippen molar-refractivity contribution in [3.8, 4) is 0 Å². The smallest absolute Gasteiger partial charge is 0.407 e. The van der Waals surface area contributed by atoms with E-state index in [1.165, 1.54) is 0 Å².